The maximum absolute atomic E-state index is 12.5. The van der Waals surface area contributed by atoms with Crippen LogP contribution < -0.4 is 20.5 Å². The average Bonchev–Trinajstić information content (AvgIpc) is 3.36. The van der Waals surface area contributed by atoms with E-state index in [4.69, 9.17) is 15.2 Å². The molecule has 3 heterocycles. The Morgan fingerprint density at radius 2 is 1.94 bits per heavy atom. The smallest absolute Gasteiger partial charge is 0.326 e. The van der Waals surface area contributed by atoms with Gasteiger partial charge < -0.3 is 25.4 Å². The summed E-state index contributed by atoms with van der Waals surface area (Å²) in [5, 5.41) is 4.77. The fourth-order valence-electron chi connectivity index (χ4n) is 4.82. The number of anilines is 1. The quantitative estimate of drug-likeness (QED) is 0.265. The number of rotatable bonds is 8. The molecule has 1 aliphatic heterocycles. The summed E-state index contributed by atoms with van der Waals surface area (Å²) in [5.41, 5.74) is 8.51. The molecule has 1 saturated carbocycles. The van der Waals surface area contributed by atoms with Crippen molar-refractivity contribution in [1.82, 2.24) is 19.8 Å². The molecular formula is C28H31N5O3. The number of aromatic nitrogens is 2. The molecule has 2 aliphatic rings. The van der Waals surface area contributed by atoms with Gasteiger partial charge in [-0.2, -0.15) is 0 Å². The van der Waals surface area contributed by atoms with E-state index in [0.29, 0.717) is 35.6 Å². The summed E-state index contributed by atoms with van der Waals surface area (Å²) in [4.78, 5) is 19.5. The fraction of sp³-hybridized carbons (Fsp3) is 0.357. The van der Waals surface area contributed by atoms with Crippen LogP contribution >= 0.6 is 0 Å². The van der Waals surface area contributed by atoms with Gasteiger partial charge in [-0.05, 0) is 81.6 Å². The number of likely N-dealkylation sites (tertiary alicyclic amines) is 1. The molecule has 2 aromatic heterocycles. The lowest BCUT2D eigenvalue weighted by Gasteiger charge is -2.15. The maximum Gasteiger partial charge on any atom is 0.326 e. The molecule has 2 aromatic carbocycles. The Labute approximate surface area is 210 Å². The summed E-state index contributed by atoms with van der Waals surface area (Å²) >= 11 is 0. The Hall–Kier alpha value is -3.78. The third kappa shape index (κ3) is 4.81. The molecule has 4 aromatic rings. The third-order valence-corrected chi connectivity index (χ3v) is 6.92. The molecule has 0 unspecified atom stereocenters. The molecule has 3 N–H and O–H groups in total. The number of benzene rings is 2. The van der Waals surface area contributed by atoms with Crippen LogP contribution in [0.25, 0.3) is 21.8 Å². The van der Waals surface area contributed by atoms with E-state index < -0.39 is 0 Å². The molecule has 0 spiro atoms. The first-order chi connectivity index (χ1) is 17.6. The van der Waals surface area contributed by atoms with Gasteiger partial charge in [-0.15, -0.1) is 0 Å². The number of nitrogens with one attached hydrogen (secondary N) is 1. The molecule has 0 atom stereocenters. The molecule has 36 heavy (non-hydrogen) atoms. The highest BCUT2D eigenvalue weighted by Gasteiger charge is 2.24. The molecular weight excluding hydrogens is 454 g/mol. The SMILES string of the molecule is Nc1cc2c(Oc3ccc4c(ccn4C(=O)NC4CC4)c3)ccnc2cc1OCCCN1CCCC1. The lowest BCUT2D eigenvalue weighted by Crippen LogP contribution is -2.29. The van der Waals surface area contributed by atoms with Gasteiger partial charge in [0.05, 0.1) is 23.3 Å². The first kappa shape index (κ1) is 22.7. The highest BCUT2D eigenvalue weighted by atomic mass is 16.5. The topological polar surface area (TPSA) is 94.6 Å². The summed E-state index contributed by atoms with van der Waals surface area (Å²) in [7, 11) is 0. The van der Waals surface area contributed by atoms with Gasteiger partial charge in [-0.3, -0.25) is 9.55 Å². The van der Waals surface area contributed by atoms with Crippen LogP contribution in [-0.4, -0.2) is 52.8 Å². The van der Waals surface area contributed by atoms with E-state index in [0.717, 1.165) is 47.6 Å². The summed E-state index contributed by atoms with van der Waals surface area (Å²) in [6.45, 7) is 4.07. The van der Waals surface area contributed by atoms with Crippen molar-refractivity contribution in [3.63, 3.8) is 0 Å². The van der Waals surface area contributed by atoms with Crippen molar-refractivity contribution in [2.45, 2.75) is 38.1 Å². The number of fused-ring (bicyclic) bond motifs is 2. The Bertz CT molecular complexity index is 1410. The highest BCUT2D eigenvalue weighted by molar-refractivity contribution is 5.93. The maximum atomic E-state index is 12.5. The minimum absolute atomic E-state index is 0.0918. The molecule has 1 amide bonds. The van der Waals surface area contributed by atoms with Crippen LogP contribution in [0.3, 0.4) is 0 Å². The van der Waals surface area contributed by atoms with Crippen LogP contribution in [-0.2, 0) is 0 Å². The highest BCUT2D eigenvalue weighted by Crippen LogP contribution is 2.35. The number of ether oxygens (including phenoxy) is 2. The summed E-state index contributed by atoms with van der Waals surface area (Å²) in [5.74, 6) is 1.99. The van der Waals surface area contributed by atoms with Crippen LogP contribution in [0.4, 0.5) is 10.5 Å². The van der Waals surface area contributed by atoms with Gasteiger partial charge in [0.25, 0.3) is 0 Å². The van der Waals surface area contributed by atoms with Crippen molar-refractivity contribution in [3.05, 3.63) is 54.9 Å². The summed E-state index contributed by atoms with van der Waals surface area (Å²) < 4.78 is 13.9. The third-order valence-electron chi connectivity index (χ3n) is 6.92. The normalized spacial score (nSPS) is 16.0. The van der Waals surface area contributed by atoms with Crippen LogP contribution in [0, 0.1) is 0 Å². The van der Waals surface area contributed by atoms with Crippen LogP contribution in [0.2, 0.25) is 0 Å². The van der Waals surface area contributed by atoms with Crippen molar-refractivity contribution in [1.29, 1.82) is 0 Å². The van der Waals surface area contributed by atoms with E-state index in [2.05, 4.69) is 15.2 Å². The number of hydrogen-bond donors (Lipinski definition) is 2. The van der Waals surface area contributed by atoms with Gasteiger partial charge in [0, 0.05) is 41.8 Å². The Morgan fingerprint density at radius 3 is 2.78 bits per heavy atom. The number of nitrogens with zero attached hydrogens (tertiary/aromatic N) is 3. The summed E-state index contributed by atoms with van der Waals surface area (Å²) in [6.07, 6.45) is 9.20. The standard InChI is InChI=1S/C28H31N5O3/c29-23-17-22-24(18-27(23)35-15-3-13-32-11-1-2-12-32)30-10-8-26(22)36-21-6-7-25-19(16-21)9-14-33(25)28(34)31-20-4-5-20/h6-10,14,16-18,20H,1-5,11-13,15,29H2,(H,31,34). The zero-order valence-electron chi connectivity index (χ0n) is 20.3. The second-order valence-corrected chi connectivity index (χ2v) is 9.70. The minimum atomic E-state index is -0.0918. The van der Waals surface area contributed by atoms with E-state index in [9.17, 15) is 4.79 Å². The number of hydrogen-bond acceptors (Lipinski definition) is 6. The zero-order valence-corrected chi connectivity index (χ0v) is 20.3. The number of nitrogen functional groups attached to an aromatic ring is 1. The van der Waals surface area contributed by atoms with Gasteiger partial charge >= 0.3 is 6.03 Å². The van der Waals surface area contributed by atoms with Crippen molar-refractivity contribution in [3.8, 4) is 17.2 Å². The van der Waals surface area contributed by atoms with Crippen LogP contribution in [0.1, 0.15) is 32.1 Å². The number of amides is 1. The molecule has 1 saturated heterocycles. The van der Waals surface area contributed by atoms with E-state index in [1.807, 2.05) is 42.5 Å². The number of carbonyl (C=O) groups excluding carboxylic acids is 1. The number of carbonyl (C=O) groups is 1. The largest absolute Gasteiger partial charge is 0.491 e. The molecule has 0 bridgehead atoms. The van der Waals surface area contributed by atoms with E-state index in [1.165, 1.54) is 25.9 Å². The van der Waals surface area contributed by atoms with Crippen molar-refractivity contribution in [2.24, 2.45) is 0 Å². The predicted molar refractivity (Wildman–Crippen MR) is 141 cm³/mol. The zero-order chi connectivity index (χ0) is 24.5. The Morgan fingerprint density at radius 1 is 1.08 bits per heavy atom. The van der Waals surface area contributed by atoms with Gasteiger partial charge in [0.2, 0.25) is 0 Å². The van der Waals surface area contributed by atoms with Crippen molar-refractivity contribution < 1.29 is 14.3 Å². The second-order valence-electron chi connectivity index (χ2n) is 9.70. The van der Waals surface area contributed by atoms with Crippen molar-refractivity contribution >= 4 is 33.5 Å². The fourth-order valence-corrected chi connectivity index (χ4v) is 4.82. The molecule has 6 rings (SSSR count). The van der Waals surface area contributed by atoms with Gasteiger partial charge in [0.1, 0.15) is 17.2 Å². The second kappa shape index (κ2) is 9.70. The van der Waals surface area contributed by atoms with E-state index in [-0.39, 0.29) is 6.03 Å². The lowest BCUT2D eigenvalue weighted by atomic mass is 10.1. The number of pyridine rings is 1. The first-order valence-corrected chi connectivity index (χ1v) is 12.8. The molecule has 8 nitrogen and oxygen atoms in total. The molecule has 1 aliphatic carbocycles. The van der Waals surface area contributed by atoms with Crippen LogP contribution in [0.5, 0.6) is 17.2 Å². The number of nitrogens with two attached hydrogens (primary N) is 1. The summed E-state index contributed by atoms with van der Waals surface area (Å²) in [6, 6.07) is 13.4. The Balaban J connectivity index is 1.17. The molecule has 0 radical (unpaired) electrons. The van der Waals surface area contributed by atoms with Crippen LogP contribution in [0.15, 0.2) is 54.9 Å². The van der Waals surface area contributed by atoms with Gasteiger partial charge in [-0.1, -0.05) is 0 Å². The van der Waals surface area contributed by atoms with Crippen molar-refractivity contribution in [2.75, 3.05) is 32.0 Å². The first-order valence-electron chi connectivity index (χ1n) is 12.8. The predicted octanol–water partition coefficient (Wildman–Crippen LogP) is 5.15. The Kier molecular flexibility index (Phi) is 6.11. The van der Waals surface area contributed by atoms with Gasteiger partial charge in [0.15, 0.2) is 0 Å². The molecule has 186 valence electrons. The van der Waals surface area contributed by atoms with Gasteiger partial charge in [-0.25, -0.2) is 4.79 Å². The molecule has 8 heteroatoms. The van der Waals surface area contributed by atoms with E-state index in [1.54, 1.807) is 17.0 Å². The monoisotopic (exact) mass is 485 g/mol. The average molecular weight is 486 g/mol. The van der Waals surface area contributed by atoms with E-state index >= 15 is 0 Å². The minimum Gasteiger partial charge on any atom is -0.491 e. The molecule has 2 fully saturated rings. The lowest BCUT2D eigenvalue weighted by molar-refractivity contribution is 0.243.